The Bertz CT molecular complexity index is 629. The molecule has 0 aliphatic carbocycles. The fourth-order valence-electron chi connectivity index (χ4n) is 2.36. The highest BCUT2D eigenvalue weighted by molar-refractivity contribution is 6.22. The van der Waals surface area contributed by atoms with Crippen LogP contribution in [0.15, 0.2) is 60.7 Å². The van der Waals surface area contributed by atoms with Gasteiger partial charge in [-0.3, -0.25) is 9.69 Å². The van der Waals surface area contributed by atoms with Crippen molar-refractivity contribution in [3.05, 3.63) is 71.8 Å². The lowest BCUT2D eigenvalue weighted by Crippen LogP contribution is -2.22. The van der Waals surface area contributed by atoms with Gasteiger partial charge in [0.25, 0.3) is 5.91 Å². The summed E-state index contributed by atoms with van der Waals surface area (Å²) < 4.78 is 0. The lowest BCUT2D eigenvalue weighted by atomic mass is 10.1. The molecule has 88 valence electrons. The second kappa shape index (κ2) is 4.15. The number of carbonyl (C=O) groups is 1. The van der Waals surface area contributed by atoms with Crippen LogP contribution in [0.3, 0.4) is 0 Å². The molecule has 0 fully saturated rings. The first-order valence-corrected chi connectivity index (χ1v) is 5.98. The largest absolute Gasteiger partial charge is 0.277 e. The first kappa shape index (κ1) is 10.8. The number of anilines is 1. The highest BCUT2D eigenvalue weighted by Gasteiger charge is 2.32. The SMILES string of the molecule is C/C=C1/c2ccccc2C(=O)N1c1ccccc1. The van der Waals surface area contributed by atoms with Crippen molar-refractivity contribution in [2.24, 2.45) is 0 Å². The van der Waals surface area contributed by atoms with Gasteiger partial charge < -0.3 is 0 Å². The molecule has 0 bridgehead atoms. The number of para-hydroxylation sites is 1. The van der Waals surface area contributed by atoms with Gasteiger partial charge in [0.2, 0.25) is 0 Å². The van der Waals surface area contributed by atoms with Gasteiger partial charge in [0.15, 0.2) is 0 Å². The molecule has 0 atom stereocenters. The van der Waals surface area contributed by atoms with Crippen LogP contribution in [0.1, 0.15) is 22.8 Å². The zero-order chi connectivity index (χ0) is 12.5. The van der Waals surface area contributed by atoms with E-state index in [9.17, 15) is 4.79 Å². The molecule has 2 aromatic carbocycles. The number of carbonyl (C=O) groups excluding carboxylic acids is 1. The summed E-state index contributed by atoms with van der Waals surface area (Å²) >= 11 is 0. The average molecular weight is 235 g/mol. The van der Waals surface area contributed by atoms with Gasteiger partial charge in [0, 0.05) is 16.8 Å². The van der Waals surface area contributed by atoms with Crippen LogP contribution >= 0.6 is 0 Å². The third kappa shape index (κ3) is 1.46. The van der Waals surface area contributed by atoms with Gasteiger partial charge in [-0.25, -0.2) is 0 Å². The Balaban J connectivity index is 2.18. The van der Waals surface area contributed by atoms with E-state index in [-0.39, 0.29) is 5.91 Å². The summed E-state index contributed by atoms with van der Waals surface area (Å²) in [6.45, 7) is 1.96. The first-order chi connectivity index (χ1) is 8.83. The molecular formula is C16H13NO. The Hall–Kier alpha value is -2.35. The number of hydrogen-bond acceptors (Lipinski definition) is 1. The van der Waals surface area contributed by atoms with E-state index in [1.165, 1.54) is 0 Å². The normalized spacial score (nSPS) is 16.2. The molecule has 0 spiro atoms. The molecule has 0 unspecified atom stereocenters. The Morgan fingerprint density at radius 1 is 0.889 bits per heavy atom. The van der Waals surface area contributed by atoms with Crippen LogP contribution in [-0.4, -0.2) is 5.91 Å². The molecular weight excluding hydrogens is 222 g/mol. The Kier molecular flexibility index (Phi) is 2.49. The number of benzene rings is 2. The number of rotatable bonds is 1. The fraction of sp³-hybridized carbons (Fsp3) is 0.0625. The van der Waals surface area contributed by atoms with Crippen LogP contribution in [0.4, 0.5) is 5.69 Å². The van der Waals surface area contributed by atoms with Crippen LogP contribution in [0.25, 0.3) is 5.70 Å². The monoisotopic (exact) mass is 235 g/mol. The fourth-order valence-corrected chi connectivity index (χ4v) is 2.36. The van der Waals surface area contributed by atoms with Gasteiger partial charge in [0.1, 0.15) is 0 Å². The van der Waals surface area contributed by atoms with Crippen molar-refractivity contribution in [2.75, 3.05) is 4.90 Å². The predicted octanol–water partition coefficient (Wildman–Crippen LogP) is 3.71. The molecule has 1 amide bonds. The number of fused-ring (bicyclic) bond motifs is 1. The molecule has 2 heteroatoms. The van der Waals surface area contributed by atoms with Crippen LogP contribution in [0, 0.1) is 0 Å². The summed E-state index contributed by atoms with van der Waals surface area (Å²) in [5.74, 6) is 0.0462. The van der Waals surface area contributed by atoms with E-state index < -0.39 is 0 Å². The predicted molar refractivity (Wildman–Crippen MR) is 73.3 cm³/mol. The summed E-state index contributed by atoms with van der Waals surface area (Å²) in [7, 11) is 0. The van der Waals surface area contributed by atoms with Gasteiger partial charge in [-0.2, -0.15) is 0 Å². The lowest BCUT2D eigenvalue weighted by Gasteiger charge is -2.18. The molecule has 2 nitrogen and oxygen atoms in total. The summed E-state index contributed by atoms with van der Waals surface area (Å²) in [6.07, 6.45) is 1.98. The molecule has 0 N–H and O–H groups in total. The van der Waals surface area contributed by atoms with Crippen molar-refractivity contribution in [1.29, 1.82) is 0 Å². The molecule has 1 aliphatic heterocycles. The minimum absolute atomic E-state index is 0.0462. The lowest BCUT2D eigenvalue weighted by molar-refractivity contribution is 0.101. The highest BCUT2D eigenvalue weighted by atomic mass is 16.2. The van der Waals surface area contributed by atoms with Gasteiger partial charge in [-0.1, -0.05) is 42.5 Å². The maximum atomic E-state index is 12.5. The van der Waals surface area contributed by atoms with Gasteiger partial charge >= 0.3 is 0 Å². The van der Waals surface area contributed by atoms with Crippen molar-refractivity contribution >= 4 is 17.3 Å². The zero-order valence-electron chi connectivity index (χ0n) is 10.1. The zero-order valence-corrected chi connectivity index (χ0v) is 10.1. The van der Waals surface area contributed by atoms with E-state index in [1.807, 2.05) is 67.6 Å². The van der Waals surface area contributed by atoms with Crippen molar-refractivity contribution in [3.63, 3.8) is 0 Å². The van der Waals surface area contributed by atoms with E-state index >= 15 is 0 Å². The van der Waals surface area contributed by atoms with Gasteiger partial charge in [-0.05, 0) is 25.1 Å². The van der Waals surface area contributed by atoms with Crippen molar-refractivity contribution in [1.82, 2.24) is 0 Å². The van der Waals surface area contributed by atoms with Gasteiger partial charge in [0.05, 0.1) is 5.70 Å². The highest BCUT2D eigenvalue weighted by Crippen LogP contribution is 2.36. The Morgan fingerprint density at radius 2 is 1.50 bits per heavy atom. The summed E-state index contributed by atoms with van der Waals surface area (Å²) in [5, 5.41) is 0. The van der Waals surface area contributed by atoms with Gasteiger partial charge in [-0.15, -0.1) is 0 Å². The van der Waals surface area contributed by atoms with Crippen molar-refractivity contribution in [2.45, 2.75) is 6.92 Å². The van der Waals surface area contributed by atoms with Crippen LogP contribution in [0.2, 0.25) is 0 Å². The molecule has 0 saturated carbocycles. The van der Waals surface area contributed by atoms with Crippen LogP contribution in [0.5, 0.6) is 0 Å². The van der Waals surface area contributed by atoms with E-state index in [0.717, 1.165) is 22.5 Å². The minimum Gasteiger partial charge on any atom is -0.277 e. The topological polar surface area (TPSA) is 20.3 Å². The van der Waals surface area contributed by atoms with E-state index in [1.54, 1.807) is 4.90 Å². The van der Waals surface area contributed by atoms with Crippen molar-refractivity contribution < 1.29 is 4.79 Å². The minimum atomic E-state index is 0.0462. The average Bonchev–Trinajstić information content (AvgIpc) is 2.73. The van der Waals surface area contributed by atoms with E-state index in [2.05, 4.69) is 0 Å². The third-order valence-corrected chi connectivity index (χ3v) is 3.17. The quantitative estimate of drug-likeness (QED) is 0.738. The van der Waals surface area contributed by atoms with Crippen LogP contribution < -0.4 is 4.90 Å². The Labute approximate surface area is 106 Å². The van der Waals surface area contributed by atoms with E-state index in [4.69, 9.17) is 0 Å². The van der Waals surface area contributed by atoms with Crippen LogP contribution in [-0.2, 0) is 0 Å². The molecule has 0 aromatic heterocycles. The second-order valence-electron chi connectivity index (χ2n) is 4.20. The first-order valence-electron chi connectivity index (χ1n) is 5.98. The summed E-state index contributed by atoms with van der Waals surface area (Å²) in [5.41, 5.74) is 3.65. The smallest absolute Gasteiger partial charge is 0.263 e. The number of allylic oxidation sites excluding steroid dienone is 1. The molecule has 18 heavy (non-hydrogen) atoms. The molecule has 1 aliphatic rings. The molecule has 2 aromatic rings. The van der Waals surface area contributed by atoms with Crippen molar-refractivity contribution in [3.8, 4) is 0 Å². The standard InChI is InChI=1S/C16H13NO/c1-2-15-13-10-6-7-11-14(13)16(18)17(15)12-8-4-3-5-9-12/h2-11H,1H3/b15-2-. The third-order valence-electron chi connectivity index (χ3n) is 3.17. The number of nitrogens with zero attached hydrogens (tertiary/aromatic N) is 1. The maximum Gasteiger partial charge on any atom is 0.263 e. The molecule has 0 saturated heterocycles. The molecule has 3 rings (SSSR count). The van der Waals surface area contributed by atoms with E-state index in [0.29, 0.717) is 0 Å². The molecule has 0 radical (unpaired) electrons. The number of hydrogen-bond donors (Lipinski definition) is 0. The Morgan fingerprint density at radius 3 is 2.17 bits per heavy atom. The summed E-state index contributed by atoms with van der Waals surface area (Å²) in [6, 6.07) is 17.5. The second-order valence-corrected chi connectivity index (χ2v) is 4.20. The summed E-state index contributed by atoms with van der Waals surface area (Å²) in [4.78, 5) is 14.2. The number of amides is 1. The molecule has 1 heterocycles. The maximum absolute atomic E-state index is 12.5.